The Kier molecular flexibility index (Phi) is 36.6. The number of ether oxygens (including phenoxy) is 2. The van der Waals surface area contributed by atoms with Crippen LogP contribution in [-0.4, -0.2) is 143 Å². The zero-order valence-electron chi connectivity index (χ0n) is 65.7. The maximum Gasteiger partial charge on any atom is 0.257 e. The predicted octanol–water partition coefficient (Wildman–Crippen LogP) is 19.0. The Bertz CT molecular complexity index is 5680. The predicted molar refractivity (Wildman–Crippen MR) is 482 cm³/mol. The SMILES string of the molecule is COCCCNC(=O)c1ccc(C(=O)Nc2ccc(Cl)c(-c3ccccn3)c2)c(Cl)c1.COC[C@H](C)NC(=O)c1ccc(C(=O)Nc2ccc(Cl)c(-c3ccccn3)c2)c(Cl)c1.C[C@@H](CO)NC(=O)c1ccc(C(=O)Nc2ccc(Cl)c(-c3ccccn3)c2)c(Cl)c1.O=C(NCCCO)c1ccc(C(=O)Nc2ccc(Cl)c(-c3ccccn3)c2)c(Cl)c1. The van der Waals surface area contributed by atoms with Gasteiger partial charge < -0.3 is 62.2 Å². The van der Waals surface area contributed by atoms with E-state index >= 15 is 0 Å². The van der Waals surface area contributed by atoms with Crippen LogP contribution in [0.15, 0.2) is 243 Å². The Morgan fingerprint density at radius 3 is 0.869 bits per heavy atom. The molecule has 0 radical (unpaired) electrons. The van der Waals surface area contributed by atoms with Crippen LogP contribution in [-0.2, 0) is 9.47 Å². The van der Waals surface area contributed by atoms with Crippen molar-refractivity contribution < 1.29 is 58.0 Å². The third kappa shape index (κ3) is 27.7. The summed E-state index contributed by atoms with van der Waals surface area (Å²) in [6.07, 6.45) is 7.84. The van der Waals surface area contributed by atoms with Crippen LogP contribution in [0, 0.1) is 0 Å². The highest BCUT2D eigenvalue weighted by Crippen LogP contribution is 2.35. The van der Waals surface area contributed by atoms with Gasteiger partial charge in [-0.1, -0.05) is 117 Å². The largest absolute Gasteiger partial charge is 0.396 e. The summed E-state index contributed by atoms with van der Waals surface area (Å²) in [5, 5.41) is 42.6. The third-order valence-electron chi connectivity index (χ3n) is 17.4. The number of halogens is 8. The van der Waals surface area contributed by atoms with Crippen molar-refractivity contribution in [2.45, 2.75) is 38.8 Å². The lowest BCUT2D eigenvalue weighted by molar-refractivity contribution is 0.0901. The number of carbonyl (C=O) groups excluding carboxylic acids is 8. The summed E-state index contributed by atoms with van der Waals surface area (Å²) in [4.78, 5) is 117. The molecule has 4 aromatic heterocycles. The third-order valence-corrected chi connectivity index (χ3v) is 20.0. The molecular weight excluding hydrogens is 1720 g/mol. The number of carbonyl (C=O) groups is 8. The van der Waals surface area contributed by atoms with Crippen LogP contribution in [0.3, 0.4) is 0 Å². The van der Waals surface area contributed by atoms with Gasteiger partial charge in [-0.2, -0.15) is 0 Å². The minimum Gasteiger partial charge on any atom is -0.396 e. The number of hydrogen-bond acceptors (Lipinski definition) is 16. The van der Waals surface area contributed by atoms with Crippen LogP contribution in [0.5, 0.6) is 0 Å². The average Bonchev–Trinajstić information content (AvgIpc) is 0.825. The Balaban J connectivity index is 0.000000185. The van der Waals surface area contributed by atoms with E-state index in [2.05, 4.69) is 62.5 Å². The number of nitrogens with one attached hydrogen (secondary N) is 8. The first-order valence-electron chi connectivity index (χ1n) is 37.4. The molecular formula is C90H80Cl8N12O12. The molecule has 10 N–H and O–H groups in total. The second-order valence-electron chi connectivity index (χ2n) is 26.6. The van der Waals surface area contributed by atoms with E-state index in [9.17, 15) is 38.4 Å². The first-order chi connectivity index (χ1) is 58.7. The number of benzene rings is 8. The topological polar surface area (TPSA) is 343 Å². The maximum atomic E-state index is 12.8. The molecule has 0 spiro atoms. The molecule has 4 heterocycles. The van der Waals surface area contributed by atoms with Crippen LogP contribution in [0.2, 0.25) is 40.2 Å². The van der Waals surface area contributed by atoms with E-state index in [0.717, 1.165) is 0 Å². The summed E-state index contributed by atoms with van der Waals surface area (Å²) in [5.41, 5.74) is 10.0. The molecule has 24 nitrogen and oxygen atoms in total. The number of hydrogen-bond donors (Lipinski definition) is 10. The van der Waals surface area contributed by atoms with Crippen LogP contribution >= 0.6 is 92.8 Å². The smallest absolute Gasteiger partial charge is 0.257 e. The molecule has 0 aliphatic carbocycles. The quantitative estimate of drug-likeness (QED) is 0.0204. The van der Waals surface area contributed by atoms with Gasteiger partial charge in [0, 0.05) is 145 Å². The van der Waals surface area contributed by atoms with Crippen molar-refractivity contribution in [3.05, 3.63) is 328 Å². The first kappa shape index (κ1) is 94.1. The fraction of sp³-hybridized carbons (Fsp3) is 0.156. The van der Waals surface area contributed by atoms with Gasteiger partial charge in [0.1, 0.15) is 0 Å². The summed E-state index contributed by atoms with van der Waals surface area (Å²) >= 11 is 50.2. The molecule has 0 saturated carbocycles. The molecule has 12 aromatic rings. The Morgan fingerprint density at radius 1 is 0.328 bits per heavy atom. The van der Waals surface area contributed by atoms with Crippen molar-refractivity contribution in [1.29, 1.82) is 0 Å². The van der Waals surface area contributed by atoms with Crippen molar-refractivity contribution in [2.75, 3.05) is 75.0 Å². The number of nitrogens with zero attached hydrogens (tertiary/aromatic N) is 4. The van der Waals surface area contributed by atoms with Gasteiger partial charge >= 0.3 is 0 Å². The maximum absolute atomic E-state index is 12.8. The number of rotatable bonds is 28. The van der Waals surface area contributed by atoms with Crippen LogP contribution in [0.4, 0.5) is 22.7 Å². The summed E-state index contributed by atoms with van der Waals surface area (Å²) in [6.45, 7) is 5.11. The highest BCUT2D eigenvalue weighted by Gasteiger charge is 2.22. The lowest BCUT2D eigenvalue weighted by atomic mass is 10.1. The molecule has 122 heavy (non-hydrogen) atoms. The molecule has 0 aliphatic rings. The Labute approximate surface area is 743 Å². The molecule has 8 aromatic carbocycles. The normalized spacial score (nSPS) is 11.1. The molecule has 32 heteroatoms. The number of aliphatic hydroxyl groups is 2. The van der Waals surface area contributed by atoms with E-state index in [0.29, 0.717) is 149 Å². The molecule has 0 bridgehead atoms. The van der Waals surface area contributed by atoms with Gasteiger partial charge in [-0.15, -0.1) is 0 Å². The van der Waals surface area contributed by atoms with Gasteiger partial charge in [-0.05, 0) is 221 Å². The molecule has 0 aliphatic heterocycles. The Hall–Kier alpha value is -11.7. The number of anilines is 4. The minimum atomic E-state index is -0.426. The number of amides is 8. The van der Waals surface area contributed by atoms with Crippen molar-refractivity contribution in [2.24, 2.45) is 0 Å². The molecule has 0 saturated heterocycles. The molecule has 0 fully saturated rings. The zero-order chi connectivity index (χ0) is 87.8. The summed E-state index contributed by atoms with van der Waals surface area (Å²) < 4.78 is 9.96. The van der Waals surface area contributed by atoms with Crippen molar-refractivity contribution >= 4 is 163 Å². The van der Waals surface area contributed by atoms with E-state index in [4.69, 9.17) is 112 Å². The highest BCUT2D eigenvalue weighted by atomic mass is 35.5. The number of pyridine rings is 4. The van der Waals surface area contributed by atoms with Gasteiger partial charge in [-0.3, -0.25) is 58.3 Å². The second-order valence-corrected chi connectivity index (χ2v) is 29.8. The molecule has 8 amide bonds. The summed E-state index contributed by atoms with van der Waals surface area (Å²) in [6, 6.07) is 59.8. The van der Waals surface area contributed by atoms with E-state index in [-0.39, 0.29) is 85.2 Å². The molecule has 628 valence electrons. The zero-order valence-corrected chi connectivity index (χ0v) is 71.7. The Morgan fingerprint density at radius 2 is 0.615 bits per heavy atom. The monoisotopic (exact) mass is 1800 g/mol. The number of methoxy groups -OCH3 is 2. The molecule has 2 atom stereocenters. The minimum absolute atomic E-state index is 0.00705. The van der Waals surface area contributed by atoms with Gasteiger partial charge in [0.25, 0.3) is 47.3 Å². The van der Waals surface area contributed by atoms with Crippen molar-refractivity contribution in [3.63, 3.8) is 0 Å². The van der Waals surface area contributed by atoms with E-state index in [1.54, 1.807) is 137 Å². The lowest BCUT2D eigenvalue weighted by Crippen LogP contribution is -2.35. The van der Waals surface area contributed by atoms with Crippen molar-refractivity contribution in [1.82, 2.24) is 41.2 Å². The fourth-order valence-electron chi connectivity index (χ4n) is 11.3. The van der Waals surface area contributed by atoms with Crippen LogP contribution < -0.4 is 42.5 Å². The molecule has 0 unspecified atom stereocenters. The highest BCUT2D eigenvalue weighted by molar-refractivity contribution is 6.38. The van der Waals surface area contributed by atoms with Gasteiger partial charge in [-0.25, -0.2) is 0 Å². The second kappa shape index (κ2) is 47.5. The van der Waals surface area contributed by atoms with Gasteiger partial charge in [0.2, 0.25) is 0 Å². The lowest BCUT2D eigenvalue weighted by Gasteiger charge is -2.14. The molecule has 12 rings (SSSR count). The standard InChI is InChI=1S/2C23H21Cl2N3O3.2C22H19Cl2N3O3/c1-14(13-31-2)27-22(29)15-6-8-17(20(25)11-15)23(30)28-16-7-9-19(24)18(12-16)21-5-3-4-10-26-21;1-31-12-4-11-27-22(29)15-6-8-17(20(25)13-15)23(30)28-16-7-9-19(24)18(14-16)21-5-2-3-10-26-21;1-13(12-28)26-21(29)14-5-7-16(19(24)10-14)22(30)27-15-6-8-18(23)17(11-15)20-4-2-3-9-25-20;23-18-8-6-15(13-17(18)20-4-1-2-9-25-20)27-22(30)16-7-5-14(12-19(16)24)21(29)26-10-3-11-28/h3-12,14H,13H2,1-2H3,(H,27,29)(H,28,30);2-3,5-10,13-14H,4,11-12H2,1H3,(H,27,29)(H,28,30);2-11,13,28H,12H2,1H3,(H,26,29)(H,27,30);1-2,4-9,12-13,28H,3,10-11H2,(H,26,29)(H,27,30)/t14-;;13-;/m0.0./s1. The van der Waals surface area contributed by atoms with Crippen molar-refractivity contribution in [3.8, 4) is 45.0 Å². The van der Waals surface area contributed by atoms with Crippen LogP contribution in [0.1, 0.15) is 110 Å². The fourth-order valence-corrected chi connectivity index (χ4v) is 13.2. The average molecular weight is 1810 g/mol. The first-order valence-corrected chi connectivity index (χ1v) is 40.4. The van der Waals surface area contributed by atoms with E-state index in [1.165, 1.54) is 60.7 Å². The number of aromatic nitrogens is 4. The summed E-state index contributed by atoms with van der Waals surface area (Å²) in [5.74, 6) is -2.91. The van der Waals surface area contributed by atoms with Gasteiger partial charge in [0.05, 0.1) is 98.4 Å². The van der Waals surface area contributed by atoms with Crippen LogP contribution in [0.25, 0.3) is 45.0 Å². The summed E-state index contributed by atoms with van der Waals surface area (Å²) in [7, 11) is 3.17. The van der Waals surface area contributed by atoms with E-state index in [1.807, 2.05) is 73.7 Å². The van der Waals surface area contributed by atoms with E-state index < -0.39 is 29.7 Å². The number of aliphatic hydroxyl groups excluding tert-OH is 2. The van der Waals surface area contributed by atoms with Gasteiger partial charge in [0.15, 0.2) is 0 Å².